The van der Waals surface area contributed by atoms with Gasteiger partial charge in [0, 0.05) is 0 Å². The summed E-state index contributed by atoms with van der Waals surface area (Å²) in [7, 11) is 0. The second kappa shape index (κ2) is 4.77. The predicted octanol–water partition coefficient (Wildman–Crippen LogP) is 2.36. The minimum absolute atomic E-state index is 0.0104. The van der Waals surface area contributed by atoms with Crippen molar-refractivity contribution in [2.45, 2.75) is 45.8 Å². The minimum Gasteiger partial charge on any atom is -0.392 e. The molecule has 1 rings (SSSR count). The Balaban J connectivity index is 3.13. The fraction of sp³-hybridized carbons (Fsp3) is 0.538. The van der Waals surface area contributed by atoms with E-state index in [0.717, 1.165) is 17.5 Å². The lowest BCUT2D eigenvalue weighted by atomic mass is 9.81. The molecule has 0 aromatic heterocycles. The monoisotopic (exact) mass is 208 g/mol. The van der Waals surface area contributed by atoms with Gasteiger partial charge in [-0.25, -0.2) is 0 Å². The molecule has 0 heterocycles. The Morgan fingerprint density at radius 1 is 1.07 bits per heavy atom. The molecule has 0 aliphatic heterocycles. The van der Waals surface area contributed by atoms with Crippen molar-refractivity contribution in [3.05, 3.63) is 34.9 Å². The maximum Gasteiger partial charge on any atom is 0.0685 e. The smallest absolute Gasteiger partial charge is 0.0685 e. The van der Waals surface area contributed by atoms with Crippen molar-refractivity contribution in [3.8, 4) is 0 Å². The van der Waals surface area contributed by atoms with Gasteiger partial charge in [0.1, 0.15) is 0 Å². The van der Waals surface area contributed by atoms with Crippen molar-refractivity contribution < 1.29 is 10.2 Å². The third kappa shape index (κ3) is 2.58. The lowest BCUT2D eigenvalue weighted by Crippen LogP contribution is -2.16. The van der Waals surface area contributed by atoms with Gasteiger partial charge < -0.3 is 10.2 Å². The number of hydrogen-bond acceptors (Lipinski definition) is 2. The first-order chi connectivity index (χ1) is 7.05. The zero-order valence-electron chi connectivity index (χ0n) is 9.75. The highest BCUT2D eigenvalue weighted by Crippen LogP contribution is 2.28. The van der Waals surface area contributed by atoms with E-state index in [1.54, 1.807) is 0 Å². The number of hydrogen-bond donors (Lipinski definition) is 2. The lowest BCUT2D eigenvalue weighted by Gasteiger charge is -2.24. The largest absolute Gasteiger partial charge is 0.392 e. The zero-order chi connectivity index (χ0) is 11.5. The van der Waals surface area contributed by atoms with Crippen LogP contribution in [-0.4, -0.2) is 10.2 Å². The molecule has 15 heavy (non-hydrogen) atoms. The molecule has 0 aliphatic rings. The van der Waals surface area contributed by atoms with E-state index < -0.39 is 0 Å². The van der Waals surface area contributed by atoms with Crippen molar-refractivity contribution >= 4 is 0 Å². The van der Waals surface area contributed by atoms with Crippen LogP contribution in [0, 0.1) is 0 Å². The fourth-order valence-corrected chi connectivity index (χ4v) is 1.55. The summed E-state index contributed by atoms with van der Waals surface area (Å²) in [5.41, 5.74) is 2.98. The third-order valence-corrected chi connectivity index (χ3v) is 3.21. The molecule has 0 bridgehead atoms. The summed E-state index contributed by atoms with van der Waals surface area (Å²) in [5.74, 6) is 0. The molecule has 2 N–H and O–H groups in total. The van der Waals surface area contributed by atoms with E-state index in [2.05, 4.69) is 20.8 Å². The van der Waals surface area contributed by atoms with E-state index in [0.29, 0.717) is 0 Å². The number of aliphatic hydroxyl groups is 2. The molecule has 0 aliphatic carbocycles. The minimum atomic E-state index is -0.0112. The van der Waals surface area contributed by atoms with Crippen LogP contribution in [0.4, 0.5) is 0 Å². The Morgan fingerprint density at radius 2 is 1.67 bits per heavy atom. The lowest BCUT2D eigenvalue weighted by molar-refractivity contribution is 0.259. The summed E-state index contributed by atoms with van der Waals surface area (Å²) in [6, 6.07) is 5.93. The Kier molecular flexibility index (Phi) is 3.89. The Bertz CT molecular complexity index is 329. The van der Waals surface area contributed by atoms with E-state index >= 15 is 0 Å². The highest BCUT2D eigenvalue weighted by molar-refractivity contribution is 5.34. The number of rotatable bonds is 4. The number of benzene rings is 1. The quantitative estimate of drug-likeness (QED) is 0.797. The topological polar surface area (TPSA) is 40.5 Å². The van der Waals surface area contributed by atoms with Gasteiger partial charge in [-0.1, -0.05) is 39.0 Å². The molecular formula is C13H20O2. The summed E-state index contributed by atoms with van der Waals surface area (Å²) in [6.45, 7) is 6.50. The molecular weight excluding hydrogens is 188 g/mol. The molecule has 1 aromatic rings. The first-order valence-electron chi connectivity index (χ1n) is 5.39. The zero-order valence-corrected chi connectivity index (χ0v) is 9.75. The first-order valence-corrected chi connectivity index (χ1v) is 5.39. The second-order valence-electron chi connectivity index (χ2n) is 4.54. The normalized spacial score (nSPS) is 11.8. The van der Waals surface area contributed by atoms with Gasteiger partial charge in [0.05, 0.1) is 13.2 Å². The van der Waals surface area contributed by atoms with Crippen LogP contribution in [0.25, 0.3) is 0 Å². The molecule has 0 fully saturated rings. The average Bonchev–Trinajstić information content (AvgIpc) is 2.28. The van der Waals surface area contributed by atoms with Crippen molar-refractivity contribution in [2.75, 3.05) is 0 Å². The molecule has 0 unspecified atom stereocenters. The van der Waals surface area contributed by atoms with Gasteiger partial charge >= 0.3 is 0 Å². The van der Waals surface area contributed by atoms with Crippen LogP contribution >= 0.6 is 0 Å². The summed E-state index contributed by atoms with van der Waals surface area (Å²) in [5, 5.41) is 18.3. The van der Waals surface area contributed by atoms with E-state index in [1.165, 1.54) is 5.56 Å². The van der Waals surface area contributed by atoms with Crippen molar-refractivity contribution in [1.82, 2.24) is 0 Å². The molecule has 0 saturated heterocycles. The SMILES string of the molecule is CCC(C)(C)c1ccc(CO)c(CO)c1. The van der Waals surface area contributed by atoms with Gasteiger partial charge in [0.2, 0.25) is 0 Å². The van der Waals surface area contributed by atoms with Crippen LogP contribution in [0.5, 0.6) is 0 Å². The Morgan fingerprint density at radius 3 is 2.13 bits per heavy atom. The van der Waals surface area contributed by atoms with Crippen molar-refractivity contribution in [3.63, 3.8) is 0 Å². The van der Waals surface area contributed by atoms with E-state index in [1.807, 2.05) is 18.2 Å². The third-order valence-electron chi connectivity index (χ3n) is 3.21. The molecule has 0 radical (unpaired) electrons. The summed E-state index contributed by atoms with van der Waals surface area (Å²) < 4.78 is 0. The summed E-state index contributed by atoms with van der Waals surface area (Å²) >= 11 is 0. The molecule has 2 nitrogen and oxygen atoms in total. The van der Waals surface area contributed by atoms with E-state index in [-0.39, 0.29) is 18.6 Å². The Hall–Kier alpha value is -0.860. The Labute approximate surface area is 91.6 Å². The summed E-state index contributed by atoms with van der Waals surface area (Å²) in [4.78, 5) is 0. The van der Waals surface area contributed by atoms with Gasteiger partial charge in [0.25, 0.3) is 0 Å². The second-order valence-corrected chi connectivity index (χ2v) is 4.54. The predicted molar refractivity (Wildman–Crippen MR) is 61.6 cm³/mol. The van der Waals surface area contributed by atoms with E-state index in [9.17, 15) is 5.11 Å². The van der Waals surface area contributed by atoms with E-state index in [4.69, 9.17) is 5.11 Å². The maximum atomic E-state index is 9.20. The fourth-order valence-electron chi connectivity index (χ4n) is 1.55. The van der Waals surface area contributed by atoms with Crippen molar-refractivity contribution in [1.29, 1.82) is 0 Å². The van der Waals surface area contributed by atoms with Gasteiger partial charge in [-0.2, -0.15) is 0 Å². The summed E-state index contributed by atoms with van der Waals surface area (Å²) in [6.07, 6.45) is 1.05. The van der Waals surface area contributed by atoms with Gasteiger partial charge in [-0.05, 0) is 28.5 Å². The molecule has 0 saturated carbocycles. The number of aliphatic hydroxyl groups excluding tert-OH is 2. The highest BCUT2D eigenvalue weighted by atomic mass is 16.3. The molecule has 0 spiro atoms. The molecule has 1 aromatic carbocycles. The van der Waals surface area contributed by atoms with Crippen LogP contribution in [0.3, 0.4) is 0 Å². The van der Waals surface area contributed by atoms with Crippen LogP contribution in [-0.2, 0) is 18.6 Å². The van der Waals surface area contributed by atoms with Gasteiger partial charge in [-0.3, -0.25) is 0 Å². The molecule has 0 atom stereocenters. The van der Waals surface area contributed by atoms with Gasteiger partial charge in [0.15, 0.2) is 0 Å². The standard InChI is InChI=1S/C13H20O2/c1-4-13(2,3)12-6-5-10(8-14)11(7-12)9-15/h5-7,14-15H,4,8-9H2,1-3H3. The molecule has 2 heteroatoms. The van der Waals surface area contributed by atoms with Crippen LogP contribution in [0.15, 0.2) is 18.2 Å². The molecule has 0 amide bonds. The average molecular weight is 208 g/mol. The van der Waals surface area contributed by atoms with Crippen LogP contribution in [0.2, 0.25) is 0 Å². The highest BCUT2D eigenvalue weighted by Gasteiger charge is 2.18. The van der Waals surface area contributed by atoms with Gasteiger partial charge in [-0.15, -0.1) is 0 Å². The van der Waals surface area contributed by atoms with Crippen LogP contribution < -0.4 is 0 Å². The molecule has 84 valence electrons. The maximum absolute atomic E-state index is 9.20. The van der Waals surface area contributed by atoms with Crippen molar-refractivity contribution in [2.24, 2.45) is 0 Å². The van der Waals surface area contributed by atoms with Crippen LogP contribution in [0.1, 0.15) is 43.9 Å². The first kappa shape index (κ1) is 12.2.